The molecule has 0 amide bonds. The van der Waals surface area contributed by atoms with Gasteiger partial charge in [-0.25, -0.2) is 16.8 Å². The molecule has 4 aromatic carbocycles. The van der Waals surface area contributed by atoms with Gasteiger partial charge in [-0.1, -0.05) is 0 Å². The monoisotopic (exact) mass is 610 g/mol. The van der Waals surface area contributed by atoms with Crippen molar-refractivity contribution >= 4 is 31.6 Å². The summed E-state index contributed by atoms with van der Waals surface area (Å²) >= 11 is 0. The number of rotatable bonds is 11. The predicted octanol–water partition coefficient (Wildman–Crippen LogP) is 4.66. The highest BCUT2D eigenvalue weighted by Crippen LogP contribution is 2.26. The van der Waals surface area contributed by atoms with Crippen LogP contribution in [-0.4, -0.2) is 43.0 Å². The van der Waals surface area contributed by atoms with Crippen LogP contribution in [0.2, 0.25) is 0 Å². The second-order valence-electron chi connectivity index (χ2n) is 8.75. The molecule has 0 aliphatic carbocycles. The lowest BCUT2D eigenvalue weighted by molar-refractivity contribution is -0.140. The summed E-state index contributed by atoms with van der Waals surface area (Å²) in [5.41, 5.74) is 0. The number of carbonyl (C=O) groups is 2. The first-order chi connectivity index (χ1) is 20.0. The Morgan fingerprint density at radius 1 is 0.452 bits per heavy atom. The first kappa shape index (κ1) is 30.3. The van der Waals surface area contributed by atoms with Crippen molar-refractivity contribution in [3.05, 3.63) is 97.1 Å². The highest BCUT2D eigenvalue weighted by atomic mass is 32.2. The van der Waals surface area contributed by atoms with Crippen molar-refractivity contribution in [3.8, 4) is 23.0 Å². The Morgan fingerprint density at radius 2 is 0.690 bits per heavy atom. The van der Waals surface area contributed by atoms with Crippen LogP contribution < -0.4 is 18.9 Å². The van der Waals surface area contributed by atoms with Gasteiger partial charge in [-0.05, 0) is 97.1 Å². The molecule has 0 aromatic heterocycles. The van der Waals surface area contributed by atoms with E-state index in [2.05, 4.69) is 0 Å². The molecule has 0 unspecified atom stereocenters. The summed E-state index contributed by atoms with van der Waals surface area (Å²) in [7, 11) is -4.61. The van der Waals surface area contributed by atoms with Gasteiger partial charge < -0.3 is 18.9 Å². The summed E-state index contributed by atoms with van der Waals surface area (Å²) in [6.45, 7) is 0. The van der Waals surface area contributed by atoms with Gasteiger partial charge in [0.2, 0.25) is 19.7 Å². The highest BCUT2D eigenvalue weighted by molar-refractivity contribution is 7.91. The first-order valence-corrected chi connectivity index (χ1v) is 15.4. The lowest BCUT2D eigenvalue weighted by Gasteiger charge is -2.09. The lowest BCUT2D eigenvalue weighted by atomic mass is 10.3. The molecule has 4 rings (SSSR count). The molecule has 0 saturated heterocycles. The first-order valence-electron chi connectivity index (χ1n) is 12.4. The van der Waals surface area contributed by atoms with E-state index in [1.54, 1.807) is 0 Å². The molecule has 10 nitrogen and oxygen atoms in total. The van der Waals surface area contributed by atoms with E-state index in [0.29, 0.717) is 11.5 Å². The minimum absolute atomic E-state index is 0.0128. The van der Waals surface area contributed by atoms with Crippen molar-refractivity contribution in [2.24, 2.45) is 0 Å². The number of hydrogen-bond acceptors (Lipinski definition) is 10. The molecule has 0 aliphatic rings. The van der Waals surface area contributed by atoms with Gasteiger partial charge in [-0.15, -0.1) is 0 Å². The predicted molar refractivity (Wildman–Crippen MR) is 150 cm³/mol. The molecule has 0 spiro atoms. The molecule has 12 heteroatoms. The average molecular weight is 611 g/mol. The van der Waals surface area contributed by atoms with Gasteiger partial charge in [-0.2, -0.15) is 0 Å². The third-order valence-electron chi connectivity index (χ3n) is 6.00. The zero-order valence-corrected chi connectivity index (χ0v) is 24.2. The molecule has 0 saturated carbocycles. The van der Waals surface area contributed by atoms with Crippen LogP contribution in [-0.2, 0) is 29.3 Å². The number of sulfone groups is 2. The van der Waals surface area contributed by atoms with E-state index in [1.165, 1.54) is 111 Å². The largest absolute Gasteiger partial charge is 0.497 e. The number of ether oxygens (including phenoxy) is 4. The molecule has 0 radical (unpaired) electrons. The van der Waals surface area contributed by atoms with Gasteiger partial charge in [-0.3, -0.25) is 9.59 Å². The van der Waals surface area contributed by atoms with Gasteiger partial charge >= 0.3 is 11.9 Å². The molecule has 218 valence electrons. The third kappa shape index (κ3) is 7.14. The highest BCUT2D eigenvalue weighted by Gasteiger charge is 2.20. The maximum Gasteiger partial charge on any atom is 0.311 e. The lowest BCUT2D eigenvalue weighted by Crippen LogP contribution is -2.14. The second-order valence-corrected chi connectivity index (χ2v) is 12.6. The van der Waals surface area contributed by atoms with E-state index in [0.717, 1.165) is 0 Å². The van der Waals surface area contributed by atoms with Gasteiger partial charge in [0.25, 0.3) is 0 Å². The Hall–Kier alpha value is -4.68. The van der Waals surface area contributed by atoms with E-state index < -0.39 is 31.6 Å². The van der Waals surface area contributed by atoms with Gasteiger partial charge in [0.1, 0.15) is 23.0 Å². The number of hydrogen-bond donors (Lipinski definition) is 0. The molecule has 42 heavy (non-hydrogen) atoms. The van der Waals surface area contributed by atoms with Gasteiger partial charge in [0, 0.05) is 0 Å². The van der Waals surface area contributed by atoms with E-state index in [9.17, 15) is 26.4 Å². The quantitative estimate of drug-likeness (QED) is 0.174. The maximum absolute atomic E-state index is 12.8. The Balaban J connectivity index is 1.28. The molecule has 0 fully saturated rings. The van der Waals surface area contributed by atoms with Crippen molar-refractivity contribution in [1.82, 2.24) is 0 Å². The second kappa shape index (κ2) is 12.9. The molecular formula is C30H26O10S2. The summed E-state index contributed by atoms with van der Waals surface area (Å²) < 4.78 is 71.7. The van der Waals surface area contributed by atoms with E-state index in [4.69, 9.17) is 18.9 Å². The Morgan fingerprint density at radius 3 is 0.929 bits per heavy atom. The van der Waals surface area contributed by atoms with Crippen LogP contribution >= 0.6 is 0 Å². The van der Waals surface area contributed by atoms with Crippen molar-refractivity contribution in [3.63, 3.8) is 0 Å². The molecule has 0 N–H and O–H groups in total. The van der Waals surface area contributed by atoms with Crippen molar-refractivity contribution < 1.29 is 45.4 Å². The zero-order valence-electron chi connectivity index (χ0n) is 22.6. The van der Waals surface area contributed by atoms with Gasteiger partial charge in [0.05, 0.1) is 46.6 Å². The fraction of sp³-hybridized carbons (Fsp3) is 0.133. The number of benzene rings is 4. The van der Waals surface area contributed by atoms with Crippen molar-refractivity contribution in [1.29, 1.82) is 0 Å². The minimum Gasteiger partial charge on any atom is -0.497 e. The summed E-state index contributed by atoms with van der Waals surface area (Å²) in [5, 5.41) is 0. The molecular weight excluding hydrogens is 584 g/mol. The molecule has 4 aromatic rings. The van der Waals surface area contributed by atoms with Crippen LogP contribution in [0.1, 0.15) is 12.8 Å². The normalized spacial score (nSPS) is 11.4. The Labute approximate surface area is 243 Å². The van der Waals surface area contributed by atoms with E-state index in [-0.39, 0.29) is 43.9 Å². The minimum atomic E-state index is -3.78. The van der Waals surface area contributed by atoms with Crippen LogP contribution in [0.15, 0.2) is 117 Å². The molecule has 0 aliphatic heterocycles. The molecule has 0 heterocycles. The number of methoxy groups -OCH3 is 2. The molecule has 0 bridgehead atoms. The van der Waals surface area contributed by atoms with Gasteiger partial charge in [0.15, 0.2) is 0 Å². The maximum atomic E-state index is 12.8. The molecule has 0 atom stereocenters. The Bertz CT molecular complexity index is 1630. The van der Waals surface area contributed by atoms with Crippen molar-refractivity contribution in [2.75, 3.05) is 14.2 Å². The Kier molecular flexibility index (Phi) is 9.28. The van der Waals surface area contributed by atoms with E-state index in [1.807, 2.05) is 0 Å². The van der Waals surface area contributed by atoms with E-state index >= 15 is 0 Å². The smallest absolute Gasteiger partial charge is 0.311 e. The summed E-state index contributed by atoms with van der Waals surface area (Å²) in [6.07, 6.45) is -0.594. The standard InChI is InChI=1S/C30H26O10S2/c1-37-21-3-11-25(12-4-21)41(33,34)27-15-7-23(8-16-27)39-29(31)19-20-30(32)40-24-9-17-28(18-10-24)42(35,36)26-13-5-22(38-2)6-14-26/h3-18H,19-20H2,1-2H3. The average Bonchev–Trinajstić information content (AvgIpc) is 3.00. The summed E-state index contributed by atoms with van der Waals surface area (Å²) in [5.74, 6) is -0.188. The number of carbonyl (C=O) groups excluding carboxylic acids is 2. The SMILES string of the molecule is COc1ccc(S(=O)(=O)c2ccc(OC(=O)CCC(=O)Oc3ccc(S(=O)(=O)c4ccc(OC)cc4)cc3)cc2)cc1. The van der Waals surface area contributed by atoms with Crippen LogP contribution in [0.5, 0.6) is 23.0 Å². The zero-order chi connectivity index (χ0) is 30.3. The summed E-state index contributed by atoms with van der Waals surface area (Å²) in [4.78, 5) is 24.6. The number of esters is 2. The van der Waals surface area contributed by atoms with Crippen LogP contribution in [0, 0.1) is 0 Å². The third-order valence-corrected chi connectivity index (χ3v) is 9.58. The van der Waals surface area contributed by atoms with Crippen LogP contribution in [0.3, 0.4) is 0 Å². The fourth-order valence-corrected chi connectivity index (χ4v) is 6.25. The summed E-state index contributed by atoms with van der Waals surface area (Å²) in [6, 6.07) is 22.5. The van der Waals surface area contributed by atoms with Crippen LogP contribution in [0.25, 0.3) is 0 Å². The van der Waals surface area contributed by atoms with Crippen molar-refractivity contribution in [2.45, 2.75) is 32.4 Å². The van der Waals surface area contributed by atoms with Crippen LogP contribution in [0.4, 0.5) is 0 Å². The topological polar surface area (TPSA) is 139 Å². The fourth-order valence-electron chi connectivity index (χ4n) is 3.72.